The highest BCUT2D eigenvalue weighted by molar-refractivity contribution is 14.1. The Morgan fingerprint density at radius 1 is 0.941 bits per heavy atom. The van der Waals surface area contributed by atoms with Crippen molar-refractivity contribution in [3.05, 3.63) is 0 Å². The van der Waals surface area contributed by atoms with Crippen molar-refractivity contribution in [1.29, 1.82) is 0 Å². The molecule has 5 aliphatic carbocycles. The molecular formula is C30H49IO3. The van der Waals surface area contributed by atoms with Crippen LogP contribution in [-0.4, -0.2) is 27.2 Å². The van der Waals surface area contributed by atoms with E-state index in [-0.39, 0.29) is 18.2 Å². The lowest BCUT2D eigenvalue weighted by Crippen LogP contribution is -2.54. The first-order chi connectivity index (χ1) is 16.2. The quantitative estimate of drug-likeness (QED) is 0.205. The molecule has 5 rings (SSSR count). The zero-order chi connectivity index (χ0) is 24.1. The molecule has 5 aliphatic rings. The molecule has 0 heterocycles. The Kier molecular flexibility index (Phi) is 7.69. The topological polar surface area (TPSA) is 46.5 Å². The Morgan fingerprint density at radius 3 is 2.41 bits per heavy atom. The number of carbonyl (C=O) groups is 1. The van der Waals surface area contributed by atoms with Gasteiger partial charge in [0.1, 0.15) is 6.10 Å². The number of alkyl halides is 1. The van der Waals surface area contributed by atoms with E-state index in [4.69, 9.17) is 4.74 Å². The highest BCUT2D eigenvalue weighted by Gasteiger charge is 2.60. The minimum atomic E-state index is -0.0480. The molecule has 0 aromatic rings. The average molecular weight is 585 g/mol. The predicted octanol–water partition coefficient (Wildman–Crippen LogP) is 7.71. The zero-order valence-electron chi connectivity index (χ0n) is 21.9. The van der Waals surface area contributed by atoms with Crippen molar-refractivity contribution in [1.82, 2.24) is 0 Å². The molecule has 5 fully saturated rings. The lowest BCUT2D eigenvalue weighted by Gasteiger charge is -2.61. The number of carbonyl (C=O) groups excluding carboxylic acids is 1. The monoisotopic (exact) mass is 584 g/mol. The molecule has 0 aliphatic heterocycles. The zero-order valence-corrected chi connectivity index (χ0v) is 24.1. The van der Waals surface area contributed by atoms with Gasteiger partial charge in [0, 0.05) is 10.3 Å². The van der Waals surface area contributed by atoms with Gasteiger partial charge in [0.25, 0.3) is 0 Å². The first-order valence-corrected chi connectivity index (χ1v) is 16.0. The van der Waals surface area contributed by atoms with E-state index in [0.717, 1.165) is 65.6 Å². The number of aliphatic hydroxyl groups excluding tert-OH is 1. The molecule has 0 aromatic carbocycles. The SMILES string of the molecule is C[C@H](CCC(=O)OC1CCC(I)CC1)[C@H]1CC[C@H]2[C@@H]3CC[C@@H]4C[C@H](O)CC[C@]4(C)[C@H]3CC[C@]12C. The van der Waals surface area contributed by atoms with Crippen LogP contribution in [0.4, 0.5) is 0 Å². The molecule has 0 amide bonds. The van der Waals surface area contributed by atoms with Crippen LogP contribution < -0.4 is 0 Å². The Labute approximate surface area is 222 Å². The van der Waals surface area contributed by atoms with Gasteiger partial charge in [0.15, 0.2) is 0 Å². The van der Waals surface area contributed by atoms with Crippen molar-refractivity contribution in [2.24, 2.45) is 46.3 Å². The van der Waals surface area contributed by atoms with E-state index in [9.17, 15) is 9.90 Å². The maximum atomic E-state index is 12.6. The van der Waals surface area contributed by atoms with Crippen LogP contribution >= 0.6 is 22.6 Å². The first-order valence-electron chi connectivity index (χ1n) is 14.7. The summed E-state index contributed by atoms with van der Waals surface area (Å²) in [5.41, 5.74) is 0.925. The molecule has 0 radical (unpaired) electrons. The van der Waals surface area contributed by atoms with Crippen molar-refractivity contribution >= 4 is 28.6 Å². The Bertz CT molecular complexity index is 733. The van der Waals surface area contributed by atoms with Crippen molar-refractivity contribution in [3.8, 4) is 0 Å². The van der Waals surface area contributed by atoms with Crippen LogP contribution in [0.15, 0.2) is 0 Å². The maximum absolute atomic E-state index is 12.6. The third-order valence-electron chi connectivity index (χ3n) is 12.1. The molecule has 5 saturated carbocycles. The van der Waals surface area contributed by atoms with Crippen molar-refractivity contribution in [3.63, 3.8) is 0 Å². The maximum Gasteiger partial charge on any atom is 0.306 e. The normalized spacial score (nSPS) is 49.4. The summed E-state index contributed by atoms with van der Waals surface area (Å²) in [4.78, 5) is 12.6. The molecule has 0 saturated heterocycles. The average Bonchev–Trinajstić information content (AvgIpc) is 3.17. The van der Waals surface area contributed by atoms with Crippen LogP contribution in [0, 0.1) is 46.3 Å². The molecule has 4 heteroatoms. The number of fused-ring (bicyclic) bond motifs is 5. The molecule has 3 nitrogen and oxygen atoms in total. The first kappa shape index (κ1) is 25.8. The summed E-state index contributed by atoms with van der Waals surface area (Å²) in [6.45, 7) is 7.65. The minimum Gasteiger partial charge on any atom is -0.462 e. The van der Waals surface area contributed by atoms with Gasteiger partial charge in [-0.3, -0.25) is 4.79 Å². The number of rotatable bonds is 5. The summed E-state index contributed by atoms with van der Waals surface area (Å²) in [5, 5.41) is 10.3. The Morgan fingerprint density at radius 2 is 1.65 bits per heavy atom. The highest BCUT2D eigenvalue weighted by atomic mass is 127. The van der Waals surface area contributed by atoms with Crippen molar-refractivity contribution in [2.75, 3.05) is 0 Å². The van der Waals surface area contributed by atoms with Crippen LogP contribution in [0.5, 0.6) is 0 Å². The molecule has 0 spiro atoms. The van der Waals surface area contributed by atoms with Crippen molar-refractivity contribution < 1.29 is 14.6 Å². The van der Waals surface area contributed by atoms with Crippen LogP contribution in [-0.2, 0) is 9.53 Å². The second-order valence-electron chi connectivity index (χ2n) is 13.7. The largest absolute Gasteiger partial charge is 0.462 e. The summed E-state index contributed by atoms with van der Waals surface area (Å²) in [6.07, 6.45) is 17.8. The van der Waals surface area contributed by atoms with Gasteiger partial charge in [0.2, 0.25) is 0 Å². The summed E-state index contributed by atoms with van der Waals surface area (Å²) in [5.74, 6) is 4.82. The Balaban J connectivity index is 1.17. The number of hydrogen-bond donors (Lipinski definition) is 1. The second kappa shape index (κ2) is 10.1. The summed E-state index contributed by atoms with van der Waals surface area (Å²) in [7, 11) is 0. The molecule has 0 unspecified atom stereocenters. The highest BCUT2D eigenvalue weighted by Crippen LogP contribution is 2.68. The van der Waals surface area contributed by atoms with Gasteiger partial charge in [0.05, 0.1) is 6.10 Å². The van der Waals surface area contributed by atoms with E-state index in [1.165, 1.54) is 57.8 Å². The lowest BCUT2D eigenvalue weighted by molar-refractivity contribution is -0.151. The molecule has 0 aromatic heterocycles. The fourth-order valence-electron chi connectivity index (χ4n) is 10.1. The molecule has 9 atom stereocenters. The van der Waals surface area contributed by atoms with Crippen molar-refractivity contribution in [2.45, 2.75) is 133 Å². The van der Waals surface area contributed by atoms with E-state index < -0.39 is 0 Å². The smallest absolute Gasteiger partial charge is 0.306 e. The number of halogens is 1. The van der Waals surface area contributed by atoms with E-state index in [0.29, 0.717) is 23.2 Å². The van der Waals surface area contributed by atoms with Gasteiger partial charge >= 0.3 is 5.97 Å². The minimum absolute atomic E-state index is 0.0480. The predicted molar refractivity (Wildman–Crippen MR) is 146 cm³/mol. The van der Waals surface area contributed by atoms with Gasteiger partial charge in [-0.05, 0) is 136 Å². The summed E-state index contributed by atoms with van der Waals surface area (Å²) in [6, 6.07) is 0. The molecular weight excluding hydrogens is 535 g/mol. The van der Waals surface area contributed by atoms with Crippen LogP contribution in [0.1, 0.15) is 117 Å². The van der Waals surface area contributed by atoms with Gasteiger partial charge in [-0.2, -0.15) is 0 Å². The summed E-state index contributed by atoms with van der Waals surface area (Å²) >= 11 is 2.53. The number of aliphatic hydroxyl groups is 1. The lowest BCUT2D eigenvalue weighted by atomic mass is 9.44. The summed E-state index contributed by atoms with van der Waals surface area (Å²) < 4.78 is 6.63. The number of ether oxygens (including phenoxy) is 1. The number of esters is 1. The fourth-order valence-corrected chi connectivity index (χ4v) is 10.9. The standard InChI is InChI=1S/C30H49IO3/c1-19(4-13-28(33)34-23-8-6-21(31)7-9-23)25-11-12-26-24-10-5-20-18-22(32)14-16-29(20,2)27(24)15-17-30(25,26)3/h19-27,32H,4-18H2,1-3H3/t19-,20-,21?,22-,23?,24+,25-,26+,27+,29+,30-/m1/s1. The van der Waals surface area contributed by atoms with Crippen LogP contribution in [0.3, 0.4) is 0 Å². The third kappa shape index (κ3) is 4.74. The van der Waals surface area contributed by atoms with E-state index in [1.54, 1.807) is 0 Å². The second-order valence-corrected chi connectivity index (χ2v) is 15.5. The molecule has 34 heavy (non-hydrogen) atoms. The van der Waals surface area contributed by atoms with Gasteiger partial charge < -0.3 is 9.84 Å². The molecule has 1 N–H and O–H groups in total. The van der Waals surface area contributed by atoms with E-state index in [2.05, 4.69) is 43.4 Å². The fraction of sp³-hybridized carbons (Fsp3) is 0.967. The van der Waals surface area contributed by atoms with E-state index >= 15 is 0 Å². The van der Waals surface area contributed by atoms with Crippen LogP contribution in [0.25, 0.3) is 0 Å². The number of hydrogen-bond acceptors (Lipinski definition) is 3. The van der Waals surface area contributed by atoms with Gasteiger partial charge in [-0.1, -0.05) is 43.4 Å². The third-order valence-corrected chi connectivity index (χ3v) is 13.3. The molecule has 0 bridgehead atoms. The van der Waals surface area contributed by atoms with E-state index in [1.807, 2.05) is 0 Å². The van der Waals surface area contributed by atoms with Gasteiger partial charge in [-0.15, -0.1) is 0 Å². The van der Waals surface area contributed by atoms with Crippen LogP contribution in [0.2, 0.25) is 0 Å². The Hall–Kier alpha value is 0.160. The van der Waals surface area contributed by atoms with Gasteiger partial charge in [-0.25, -0.2) is 0 Å². The molecule has 194 valence electrons.